The molecule has 2 aliphatic rings. The highest BCUT2D eigenvalue weighted by Gasteiger charge is 2.23. The number of likely N-dealkylation sites (tertiary alicyclic amines) is 1. The monoisotopic (exact) mass is 286 g/mol. The molecule has 0 radical (unpaired) electrons. The molecule has 0 amide bonds. The Bertz CT molecular complexity index is 431. The van der Waals surface area contributed by atoms with Crippen LogP contribution < -0.4 is 5.32 Å². The molecule has 0 unspecified atom stereocenters. The molecule has 2 heteroatoms. The fraction of sp³-hybridized carbons (Fsp3) is 0.684. The van der Waals surface area contributed by atoms with E-state index in [0.717, 1.165) is 12.5 Å². The Morgan fingerprint density at radius 2 is 1.95 bits per heavy atom. The molecule has 1 aliphatic carbocycles. The molecule has 3 rings (SSSR count). The molecule has 1 N–H and O–H groups in total. The summed E-state index contributed by atoms with van der Waals surface area (Å²) in [6.45, 7) is 7.18. The molecule has 1 heterocycles. The van der Waals surface area contributed by atoms with E-state index in [1.54, 1.807) is 5.56 Å². The molecule has 1 aromatic rings. The first-order chi connectivity index (χ1) is 10.3. The molecule has 1 saturated heterocycles. The fourth-order valence-electron chi connectivity index (χ4n) is 3.38. The average molecular weight is 286 g/mol. The highest BCUT2D eigenvalue weighted by atomic mass is 15.1. The van der Waals surface area contributed by atoms with Crippen molar-refractivity contribution in [2.24, 2.45) is 0 Å². The van der Waals surface area contributed by atoms with E-state index in [4.69, 9.17) is 0 Å². The Morgan fingerprint density at radius 1 is 1.14 bits per heavy atom. The largest absolute Gasteiger partial charge is 0.310 e. The summed E-state index contributed by atoms with van der Waals surface area (Å²) in [5.74, 6) is 0.867. The van der Waals surface area contributed by atoms with E-state index in [-0.39, 0.29) is 0 Å². The minimum atomic E-state index is 0.715. The van der Waals surface area contributed by atoms with Gasteiger partial charge >= 0.3 is 0 Å². The zero-order chi connectivity index (χ0) is 14.5. The Labute approximate surface area is 129 Å². The van der Waals surface area contributed by atoms with Gasteiger partial charge in [0.1, 0.15) is 0 Å². The summed E-state index contributed by atoms with van der Waals surface area (Å²) in [6, 6.07) is 9.94. The van der Waals surface area contributed by atoms with Gasteiger partial charge in [-0.15, -0.1) is 0 Å². The Kier molecular flexibility index (Phi) is 5.32. The minimum Gasteiger partial charge on any atom is -0.310 e. The predicted molar refractivity (Wildman–Crippen MR) is 89.6 cm³/mol. The van der Waals surface area contributed by atoms with Gasteiger partial charge in [-0.2, -0.15) is 0 Å². The molecule has 21 heavy (non-hydrogen) atoms. The molecule has 2 nitrogen and oxygen atoms in total. The van der Waals surface area contributed by atoms with Gasteiger partial charge in [-0.05, 0) is 68.8 Å². The number of hydrogen-bond acceptors (Lipinski definition) is 2. The third-order valence-corrected chi connectivity index (χ3v) is 5.01. The van der Waals surface area contributed by atoms with Gasteiger partial charge in [0.15, 0.2) is 0 Å². The summed E-state index contributed by atoms with van der Waals surface area (Å²) in [4.78, 5) is 2.63. The van der Waals surface area contributed by atoms with E-state index in [2.05, 4.69) is 41.4 Å². The van der Waals surface area contributed by atoms with Gasteiger partial charge in [-0.3, -0.25) is 0 Å². The zero-order valence-electron chi connectivity index (χ0n) is 13.5. The van der Waals surface area contributed by atoms with Crippen molar-refractivity contribution < 1.29 is 0 Å². The molecule has 0 spiro atoms. The standard InChI is InChI=1S/C19H30N2/c1-2-3-11-21-12-9-19(10-13-21)20-15-16-5-4-6-18(14-16)17-7-8-17/h4-6,14,17,19-20H,2-3,7-13,15H2,1H3. The van der Waals surface area contributed by atoms with Gasteiger partial charge < -0.3 is 10.2 Å². The van der Waals surface area contributed by atoms with Crippen molar-refractivity contribution in [2.75, 3.05) is 19.6 Å². The fourth-order valence-corrected chi connectivity index (χ4v) is 3.38. The van der Waals surface area contributed by atoms with Crippen molar-refractivity contribution in [3.05, 3.63) is 35.4 Å². The summed E-state index contributed by atoms with van der Waals surface area (Å²) in [6.07, 6.45) is 8.08. The van der Waals surface area contributed by atoms with Crippen molar-refractivity contribution in [1.82, 2.24) is 10.2 Å². The van der Waals surface area contributed by atoms with Crippen molar-refractivity contribution >= 4 is 0 Å². The molecule has 0 bridgehead atoms. The van der Waals surface area contributed by atoms with Crippen LogP contribution in [0.15, 0.2) is 24.3 Å². The maximum Gasteiger partial charge on any atom is 0.0208 e. The topological polar surface area (TPSA) is 15.3 Å². The van der Waals surface area contributed by atoms with E-state index in [1.165, 1.54) is 63.7 Å². The highest BCUT2D eigenvalue weighted by molar-refractivity contribution is 5.29. The maximum atomic E-state index is 3.77. The van der Waals surface area contributed by atoms with Gasteiger partial charge in [-0.1, -0.05) is 37.6 Å². The third kappa shape index (κ3) is 4.55. The predicted octanol–water partition coefficient (Wildman–Crippen LogP) is 3.92. The van der Waals surface area contributed by atoms with Crippen LogP contribution in [0, 0.1) is 0 Å². The van der Waals surface area contributed by atoms with Crippen LogP contribution >= 0.6 is 0 Å². The summed E-state index contributed by atoms with van der Waals surface area (Å²) in [5, 5.41) is 3.77. The molecule has 2 fully saturated rings. The average Bonchev–Trinajstić information content (AvgIpc) is 3.37. The first-order valence-corrected chi connectivity index (χ1v) is 8.89. The molecule has 0 aromatic heterocycles. The second-order valence-electron chi connectivity index (χ2n) is 6.87. The lowest BCUT2D eigenvalue weighted by molar-refractivity contribution is 0.195. The number of nitrogens with one attached hydrogen (secondary N) is 1. The number of piperidine rings is 1. The molecule has 1 aliphatic heterocycles. The van der Waals surface area contributed by atoms with Crippen molar-refractivity contribution in [3.8, 4) is 0 Å². The second kappa shape index (κ2) is 7.42. The number of hydrogen-bond donors (Lipinski definition) is 1. The van der Waals surface area contributed by atoms with Gasteiger partial charge in [0.05, 0.1) is 0 Å². The molecular formula is C19H30N2. The lowest BCUT2D eigenvalue weighted by Crippen LogP contribution is -2.42. The van der Waals surface area contributed by atoms with Gasteiger partial charge in [0.2, 0.25) is 0 Å². The normalized spacial score (nSPS) is 20.8. The lowest BCUT2D eigenvalue weighted by atomic mass is 10.0. The Morgan fingerprint density at radius 3 is 2.67 bits per heavy atom. The molecular weight excluding hydrogens is 256 g/mol. The van der Waals surface area contributed by atoms with E-state index in [1.807, 2.05) is 0 Å². The number of rotatable bonds is 7. The Balaban J connectivity index is 1.40. The molecule has 0 atom stereocenters. The lowest BCUT2D eigenvalue weighted by Gasteiger charge is -2.32. The highest BCUT2D eigenvalue weighted by Crippen LogP contribution is 2.40. The van der Waals surface area contributed by atoms with Crippen molar-refractivity contribution in [2.45, 2.75) is 64.0 Å². The maximum absolute atomic E-state index is 3.77. The smallest absolute Gasteiger partial charge is 0.0208 e. The van der Waals surface area contributed by atoms with Crippen LogP contribution in [0.2, 0.25) is 0 Å². The van der Waals surface area contributed by atoms with E-state index in [0.29, 0.717) is 6.04 Å². The second-order valence-corrected chi connectivity index (χ2v) is 6.87. The van der Waals surface area contributed by atoms with Gasteiger partial charge in [0.25, 0.3) is 0 Å². The molecule has 1 saturated carbocycles. The van der Waals surface area contributed by atoms with Crippen LogP contribution in [-0.2, 0) is 6.54 Å². The quantitative estimate of drug-likeness (QED) is 0.817. The SMILES string of the molecule is CCCCN1CCC(NCc2cccc(C3CC3)c2)CC1. The van der Waals surface area contributed by atoms with Crippen molar-refractivity contribution in [1.29, 1.82) is 0 Å². The number of unbranched alkanes of at least 4 members (excludes halogenated alkanes) is 1. The summed E-state index contributed by atoms with van der Waals surface area (Å²) >= 11 is 0. The van der Waals surface area contributed by atoms with Crippen LogP contribution in [-0.4, -0.2) is 30.6 Å². The van der Waals surface area contributed by atoms with Crippen LogP contribution in [0.1, 0.15) is 62.5 Å². The summed E-state index contributed by atoms with van der Waals surface area (Å²) in [5.41, 5.74) is 3.02. The van der Waals surface area contributed by atoms with Gasteiger partial charge in [0, 0.05) is 12.6 Å². The first kappa shape index (κ1) is 15.1. The molecule has 1 aromatic carbocycles. The number of nitrogens with zero attached hydrogens (tertiary/aromatic N) is 1. The Hall–Kier alpha value is -0.860. The summed E-state index contributed by atoms with van der Waals surface area (Å²) < 4.78 is 0. The van der Waals surface area contributed by atoms with E-state index in [9.17, 15) is 0 Å². The minimum absolute atomic E-state index is 0.715. The van der Waals surface area contributed by atoms with Crippen LogP contribution in [0.4, 0.5) is 0 Å². The summed E-state index contributed by atoms with van der Waals surface area (Å²) in [7, 11) is 0. The third-order valence-electron chi connectivity index (χ3n) is 5.01. The first-order valence-electron chi connectivity index (χ1n) is 8.89. The van der Waals surface area contributed by atoms with Gasteiger partial charge in [-0.25, -0.2) is 0 Å². The van der Waals surface area contributed by atoms with E-state index >= 15 is 0 Å². The van der Waals surface area contributed by atoms with Crippen LogP contribution in [0.5, 0.6) is 0 Å². The van der Waals surface area contributed by atoms with Crippen LogP contribution in [0.25, 0.3) is 0 Å². The van der Waals surface area contributed by atoms with E-state index < -0.39 is 0 Å². The number of benzene rings is 1. The van der Waals surface area contributed by atoms with Crippen LogP contribution in [0.3, 0.4) is 0 Å². The van der Waals surface area contributed by atoms with Crippen molar-refractivity contribution in [3.63, 3.8) is 0 Å². The zero-order valence-corrected chi connectivity index (χ0v) is 13.5. The molecule has 116 valence electrons.